The summed E-state index contributed by atoms with van der Waals surface area (Å²) in [5, 5.41) is 3.36. The number of piperazine rings is 1. The molecule has 2 saturated heterocycles. The molecule has 2 heterocycles. The molecule has 2 aliphatic rings. The number of amides is 1. The van der Waals surface area contributed by atoms with Crippen LogP contribution in [0, 0.1) is 0 Å². The predicted molar refractivity (Wildman–Crippen MR) is 73.9 cm³/mol. The van der Waals surface area contributed by atoms with Crippen LogP contribution in [-0.2, 0) is 9.53 Å². The third-order valence-electron chi connectivity index (χ3n) is 3.57. The number of nitrogens with zero attached hydrogens (tertiary/aromatic N) is 1. The third kappa shape index (κ3) is 2.85. The van der Waals surface area contributed by atoms with Crippen LogP contribution in [0.4, 0.5) is 0 Å². The lowest BCUT2D eigenvalue weighted by molar-refractivity contribution is -0.124. The normalized spacial score (nSPS) is 24.1. The molecule has 0 saturated carbocycles. The zero-order valence-electron chi connectivity index (χ0n) is 10.8. The fourth-order valence-corrected chi connectivity index (χ4v) is 2.61. The standard InChI is InChI=1S/C14H15ClN2O3/c15-10-3-1-9(2-4-10)14(19)13(11-8-20-11)17-6-5-16-12(18)7-17/h1-4,11,13H,5-8H2,(H,16,18). The molecule has 106 valence electrons. The zero-order valence-corrected chi connectivity index (χ0v) is 11.6. The Morgan fingerprint density at radius 3 is 2.70 bits per heavy atom. The number of carbonyl (C=O) groups excluding carboxylic acids is 2. The first-order valence-electron chi connectivity index (χ1n) is 6.57. The summed E-state index contributed by atoms with van der Waals surface area (Å²) < 4.78 is 5.31. The number of ketones is 1. The number of carbonyl (C=O) groups is 2. The van der Waals surface area contributed by atoms with Crippen molar-refractivity contribution in [1.82, 2.24) is 10.2 Å². The van der Waals surface area contributed by atoms with Crippen molar-refractivity contribution in [2.24, 2.45) is 0 Å². The maximum absolute atomic E-state index is 12.6. The molecule has 5 nitrogen and oxygen atoms in total. The van der Waals surface area contributed by atoms with E-state index in [0.717, 1.165) is 0 Å². The average molecular weight is 295 g/mol. The summed E-state index contributed by atoms with van der Waals surface area (Å²) in [5.41, 5.74) is 0.598. The lowest BCUT2D eigenvalue weighted by atomic mass is 9.99. The van der Waals surface area contributed by atoms with E-state index in [1.807, 2.05) is 4.90 Å². The van der Waals surface area contributed by atoms with Crippen LogP contribution in [0.1, 0.15) is 10.4 Å². The second kappa shape index (κ2) is 5.52. The first-order chi connectivity index (χ1) is 9.65. The van der Waals surface area contributed by atoms with Crippen LogP contribution >= 0.6 is 11.6 Å². The minimum absolute atomic E-state index is 0.0149. The number of hydrogen-bond donors (Lipinski definition) is 1. The first-order valence-corrected chi connectivity index (χ1v) is 6.95. The van der Waals surface area contributed by atoms with Crippen LogP contribution in [0.15, 0.2) is 24.3 Å². The average Bonchev–Trinajstić information content (AvgIpc) is 3.24. The van der Waals surface area contributed by atoms with Gasteiger partial charge in [0.25, 0.3) is 0 Å². The van der Waals surface area contributed by atoms with Crippen molar-refractivity contribution in [2.45, 2.75) is 12.1 Å². The molecule has 3 rings (SSSR count). The molecule has 1 amide bonds. The molecule has 0 radical (unpaired) electrons. The van der Waals surface area contributed by atoms with Gasteiger partial charge in [0.1, 0.15) is 12.1 Å². The van der Waals surface area contributed by atoms with E-state index >= 15 is 0 Å². The Bertz CT molecular complexity index is 528. The third-order valence-corrected chi connectivity index (χ3v) is 3.82. The zero-order chi connectivity index (χ0) is 14.1. The second-order valence-corrected chi connectivity index (χ2v) is 5.44. The Balaban J connectivity index is 1.81. The molecule has 6 heteroatoms. The van der Waals surface area contributed by atoms with E-state index in [0.29, 0.717) is 30.3 Å². The summed E-state index contributed by atoms with van der Waals surface area (Å²) in [6.45, 7) is 2.04. The maximum Gasteiger partial charge on any atom is 0.234 e. The molecule has 2 aliphatic heterocycles. The van der Waals surface area contributed by atoms with Gasteiger partial charge < -0.3 is 10.1 Å². The van der Waals surface area contributed by atoms with Crippen LogP contribution in [-0.4, -0.2) is 55.0 Å². The van der Waals surface area contributed by atoms with Crippen molar-refractivity contribution in [2.75, 3.05) is 26.2 Å². The van der Waals surface area contributed by atoms with E-state index < -0.39 is 0 Å². The van der Waals surface area contributed by atoms with Crippen LogP contribution in [0.25, 0.3) is 0 Å². The highest BCUT2D eigenvalue weighted by molar-refractivity contribution is 6.30. The van der Waals surface area contributed by atoms with Crippen LogP contribution in [0.3, 0.4) is 0 Å². The minimum atomic E-state index is -0.387. The number of ether oxygens (including phenoxy) is 1. The van der Waals surface area contributed by atoms with E-state index in [1.165, 1.54) is 0 Å². The van der Waals surface area contributed by atoms with Gasteiger partial charge in [0.2, 0.25) is 5.91 Å². The van der Waals surface area contributed by atoms with Crippen molar-refractivity contribution in [3.8, 4) is 0 Å². The van der Waals surface area contributed by atoms with Gasteiger partial charge in [-0.1, -0.05) is 11.6 Å². The highest BCUT2D eigenvalue weighted by Gasteiger charge is 2.43. The van der Waals surface area contributed by atoms with Gasteiger partial charge in [-0.15, -0.1) is 0 Å². The topological polar surface area (TPSA) is 61.9 Å². The van der Waals surface area contributed by atoms with E-state index in [2.05, 4.69) is 5.32 Å². The molecule has 0 spiro atoms. The Morgan fingerprint density at radius 1 is 1.40 bits per heavy atom. The first kappa shape index (κ1) is 13.5. The molecule has 0 bridgehead atoms. The number of benzene rings is 1. The largest absolute Gasteiger partial charge is 0.371 e. The summed E-state index contributed by atoms with van der Waals surface area (Å²) in [5.74, 6) is -0.0651. The molecule has 1 aromatic carbocycles. The minimum Gasteiger partial charge on any atom is -0.371 e. The van der Waals surface area contributed by atoms with Gasteiger partial charge in [0.05, 0.1) is 13.2 Å². The van der Waals surface area contributed by atoms with Gasteiger partial charge in [-0.2, -0.15) is 0 Å². The van der Waals surface area contributed by atoms with E-state index in [-0.39, 0.29) is 30.4 Å². The highest BCUT2D eigenvalue weighted by atomic mass is 35.5. The molecule has 0 aromatic heterocycles. The molecular weight excluding hydrogens is 280 g/mol. The van der Waals surface area contributed by atoms with Crippen LogP contribution < -0.4 is 5.32 Å². The number of epoxide rings is 1. The predicted octanol–water partition coefficient (Wildman–Crippen LogP) is 0.722. The fraction of sp³-hybridized carbons (Fsp3) is 0.429. The summed E-state index contributed by atoms with van der Waals surface area (Å²) in [6.07, 6.45) is -0.107. The molecule has 1 N–H and O–H groups in total. The molecule has 2 atom stereocenters. The lowest BCUT2D eigenvalue weighted by Crippen LogP contribution is -2.55. The van der Waals surface area contributed by atoms with Crippen LogP contribution in [0.2, 0.25) is 5.02 Å². The number of nitrogens with one attached hydrogen (secondary N) is 1. The molecule has 1 aromatic rings. The van der Waals surface area contributed by atoms with Crippen molar-refractivity contribution in [3.05, 3.63) is 34.9 Å². The lowest BCUT2D eigenvalue weighted by Gasteiger charge is -2.32. The summed E-state index contributed by atoms with van der Waals surface area (Å²) >= 11 is 5.84. The quantitative estimate of drug-likeness (QED) is 0.657. The van der Waals surface area contributed by atoms with Gasteiger partial charge in [-0.25, -0.2) is 0 Å². The van der Waals surface area contributed by atoms with E-state index in [9.17, 15) is 9.59 Å². The van der Waals surface area contributed by atoms with Gasteiger partial charge in [0, 0.05) is 23.7 Å². The summed E-state index contributed by atoms with van der Waals surface area (Å²) in [4.78, 5) is 26.0. The summed E-state index contributed by atoms with van der Waals surface area (Å²) in [6, 6.07) is 6.43. The molecule has 2 unspecified atom stereocenters. The maximum atomic E-state index is 12.6. The Kier molecular flexibility index (Phi) is 3.74. The number of hydrogen-bond acceptors (Lipinski definition) is 4. The second-order valence-electron chi connectivity index (χ2n) is 5.01. The molecular formula is C14H15ClN2O3. The molecule has 20 heavy (non-hydrogen) atoms. The van der Waals surface area contributed by atoms with Crippen LogP contribution in [0.5, 0.6) is 0 Å². The van der Waals surface area contributed by atoms with E-state index in [4.69, 9.17) is 16.3 Å². The van der Waals surface area contributed by atoms with Gasteiger partial charge >= 0.3 is 0 Å². The number of Topliss-reactive ketones (excluding diaryl/α,β-unsaturated/α-hetero) is 1. The van der Waals surface area contributed by atoms with Crippen molar-refractivity contribution >= 4 is 23.3 Å². The Hall–Kier alpha value is -1.43. The molecule has 0 aliphatic carbocycles. The van der Waals surface area contributed by atoms with Crippen molar-refractivity contribution < 1.29 is 14.3 Å². The monoisotopic (exact) mass is 294 g/mol. The summed E-state index contributed by atoms with van der Waals surface area (Å²) in [7, 11) is 0. The van der Waals surface area contributed by atoms with Crippen molar-refractivity contribution in [1.29, 1.82) is 0 Å². The van der Waals surface area contributed by atoms with Crippen molar-refractivity contribution in [3.63, 3.8) is 0 Å². The van der Waals surface area contributed by atoms with E-state index in [1.54, 1.807) is 24.3 Å². The Morgan fingerprint density at radius 2 is 2.10 bits per heavy atom. The van der Waals surface area contributed by atoms with Gasteiger partial charge in [-0.05, 0) is 24.3 Å². The highest BCUT2D eigenvalue weighted by Crippen LogP contribution is 2.24. The smallest absolute Gasteiger partial charge is 0.234 e. The molecule has 2 fully saturated rings. The Labute approximate surface area is 121 Å². The van der Waals surface area contributed by atoms with Gasteiger partial charge in [0.15, 0.2) is 5.78 Å². The van der Waals surface area contributed by atoms with Gasteiger partial charge in [-0.3, -0.25) is 14.5 Å². The fourth-order valence-electron chi connectivity index (χ4n) is 2.49. The number of rotatable bonds is 4. The SMILES string of the molecule is O=C1CN(C(C(=O)c2ccc(Cl)cc2)C2CO2)CCN1. The number of halogens is 1.